The Morgan fingerprint density at radius 3 is 2.58 bits per heavy atom. The zero-order valence-electron chi connectivity index (χ0n) is 21.5. The molecule has 2 atom stereocenters. The second kappa shape index (κ2) is 10.7. The first-order valence-electron chi connectivity index (χ1n) is 13.1. The van der Waals surface area contributed by atoms with E-state index >= 15 is 0 Å². The Morgan fingerprint density at radius 2 is 1.76 bits per heavy atom. The van der Waals surface area contributed by atoms with E-state index in [-0.39, 0.29) is 24.6 Å². The van der Waals surface area contributed by atoms with Crippen LogP contribution in [0.4, 0.5) is 11.4 Å². The van der Waals surface area contributed by atoms with Gasteiger partial charge >= 0.3 is 5.97 Å². The zero-order chi connectivity index (χ0) is 25.4. The van der Waals surface area contributed by atoms with Crippen LogP contribution >= 0.6 is 12.4 Å². The summed E-state index contributed by atoms with van der Waals surface area (Å²) in [7, 11) is 0. The topological polar surface area (TPSA) is 61.8 Å². The molecular weight excluding hydrogens is 496 g/mol. The third-order valence-electron chi connectivity index (χ3n) is 7.91. The number of carboxylic acid groups (broad SMARTS) is 1. The molecule has 4 aromatic carbocycles. The molecule has 1 fully saturated rings. The maximum Gasteiger partial charge on any atom is 0.314 e. The number of halogens is 1. The van der Waals surface area contributed by atoms with E-state index in [1.807, 2.05) is 30.3 Å². The van der Waals surface area contributed by atoms with Crippen LogP contribution in [0.25, 0.3) is 10.8 Å². The molecule has 0 radical (unpaired) electrons. The molecule has 38 heavy (non-hydrogen) atoms. The summed E-state index contributed by atoms with van der Waals surface area (Å²) in [5.41, 5.74) is 3.52. The van der Waals surface area contributed by atoms with Gasteiger partial charge in [-0.05, 0) is 78.9 Å². The number of fused-ring (bicyclic) bond motifs is 2. The molecule has 4 aromatic rings. The van der Waals surface area contributed by atoms with Gasteiger partial charge in [0.1, 0.15) is 11.9 Å². The van der Waals surface area contributed by atoms with Crippen LogP contribution in [0.15, 0.2) is 91.0 Å². The van der Waals surface area contributed by atoms with Crippen molar-refractivity contribution < 1.29 is 14.6 Å². The van der Waals surface area contributed by atoms with E-state index in [1.165, 1.54) is 16.3 Å². The molecule has 1 unspecified atom stereocenters. The molecule has 0 aromatic heterocycles. The highest BCUT2D eigenvalue weighted by Crippen LogP contribution is 2.49. The normalized spacial score (nSPS) is 18.1. The number of carboxylic acids is 1. The van der Waals surface area contributed by atoms with E-state index in [4.69, 9.17) is 4.74 Å². The van der Waals surface area contributed by atoms with Gasteiger partial charge in [-0.2, -0.15) is 0 Å². The van der Waals surface area contributed by atoms with Gasteiger partial charge < -0.3 is 20.1 Å². The Labute approximate surface area is 229 Å². The number of benzene rings is 4. The zero-order valence-corrected chi connectivity index (χ0v) is 22.3. The van der Waals surface area contributed by atoms with Crippen molar-refractivity contribution in [1.29, 1.82) is 0 Å². The fourth-order valence-electron chi connectivity index (χ4n) is 5.61. The van der Waals surface area contributed by atoms with Crippen LogP contribution < -0.4 is 15.0 Å². The standard InChI is InChI=1S/C32H32N2O3.ClH/c1-22(27-13-6-9-23-8-2-3-12-28(23)27)33-19-16-26-21-34(29-14-4-5-15-30(29)37-26)25-11-7-10-24(20-25)32(17-18-32)31(35)36;/h2-15,20,22,26,33H,16-19,21H2,1H3,(H,35,36);1H/t22-,26?;/m1./s1. The molecule has 196 valence electrons. The van der Waals surface area contributed by atoms with Gasteiger partial charge in [0.05, 0.1) is 17.6 Å². The summed E-state index contributed by atoms with van der Waals surface area (Å²) in [6.45, 7) is 3.75. The largest absolute Gasteiger partial charge is 0.486 e. The number of anilines is 2. The Morgan fingerprint density at radius 1 is 1.03 bits per heavy atom. The molecule has 0 bridgehead atoms. The third-order valence-corrected chi connectivity index (χ3v) is 7.91. The Bertz CT molecular complexity index is 1450. The van der Waals surface area contributed by atoms with Gasteiger partial charge in [0, 0.05) is 11.7 Å². The molecule has 1 heterocycles. The smallest absolute Gasteiger partial charge is 0.314 e. The van der Waals surface area contributed by atoms with Crippen LogP contribution in [-0.4, -0.2) is 30.3 Å². The van der Waals surface area contributed by atoms with Gasteiger partial charge in [-0.3, -0.25) is 4.79 Å². The molecule has 1 saturated carbocycles. The summed E-state index contributed by atoms with van der Waals surface area (Å²) >= 11 is 0. The van der Waals surface area contributed by atoms with Gasteiger partial charge in [-0.25, -0.2) is 0 Å². The van der Waals surface area contributed by atoms with Gasteiger partial charge in [-0.1, -0.05) is 66.7 Å². The van der Waals surface area contributed by atoms with Crippen LogP contribution in [0.3, 0.4) is 0 Å². The van der Waals surface area contributed by atoms with E-state index in [0.717, 1.165) is 35.7 Å². The van der Waals surface area contributed by atoms with Crippen molar-refractivity contribution in [3.05, 3.63) is 102 Å². The van der Waals surface area contributed by atoms with Crippen molar-refractivity contribution in [2.24, 2.45) is 0 Å². The summed E-state index contributed by atoms with van der Waals surface area (Å²) in [4.78, 5) is 14.2. The predicted octanol–water partition coefficient (Wildman–Crippen LogP) is 7.02. The van der Waals surface area contributed by atoms with Crippen LogP contribution in [0, 0.1) is 0 Å². The van der Waals surface area contributed by atoms with Gasteiger partial charge in [-0.15, -0.1) is 12.4 Å². The number of ether oxygens (including phenoxy) is 1. The first kappa shape index (κ1) is 26.1. The first-order valence-corrected chi connectivity index (χ1v) is 13.1. The molecule has 2 aliphatic rings. The van der Waals surface area contributed by atoms with Crippen LogP contribution in [0.2, 0.25) is 0 Å². The fourth-order valence-corrected chi connectivity index (χ4v) is 5.61. The van der Waals surface area contributed by atoms with Crippen molar-refractivity contribution >= 4 is 40.5 Å². The Kier molecular flexibility index (Phi) is 7.33. The highest BCUT2D eigenvalue weighted by Gasteiger charge is 2.51. The highest BCUT2D eigenvalue weighted by molar-refractivity contribution is 5.86. The number of hydrogen-bond donors (Lipinski definition) is 2. The average Bonchev–Trinajstić information content (AvgIpc) is 3.75. The third kappa shape index (κ3) is 4.84. The SMILES string of the molecule is C[C@@H](NCCC1CN(c2cccc(C3(C(=O)O)CC3)c2)c2ccccc2O1)c1cccc2ccccc12.Cl. The van der Waals surface area contributed by atoms with Crippen LogP contribution in [0.1, 0.15) is 43.4 Å². The lowest BCUT2D eigenvalue weighted by Crippen LogP contribution is -2.39. The minimum Gasteiger partial charge on any atom is -0.486 e. The number of nitrogens with zero attached hydrogens (tertiary/aromatic N) is 1. The molecule has 1 aliphatic heterocycles. The first-order chi connectivity index (χ1) is 18.0. The number of para-hydroxylation sites is 2. The summed E-state index contributed by atoms with van der Waals surface area (Å²) in [5.74, 6) is 0.141. The van der Waals surface area contributed by atoms with E-state index in [2.05, 4.69) is 77.8 Å². The fraction of sp³-hybridized carbons (Fsp3) is 0.281. The van der Waals surface area contributed by atoms with Crippen molar-refractivity contribution in [2.75, 3.05) is 18.0 Å². The lowest BCUT2D eigenvalue weighted by atomic mass is 9.95. The van der Waals surface area contributed by atoms with Crippen molar-refractivity contribution in [3.63, 3.8) is 0 Å². The molecule has 6 heteroatoms. The van der Waals surface area contributed by atoms with E-state index < -0.39 is 11.4 Å². The van der Waals surface area contributed by atoms with Gasteiger partial charge in [0.25, 0.3) is 0 Å². The van der Waals surface area contributed by atoms with Gasteiger partial charge in [0.15, 0.2) is 0 Å². The molecule has 0 spiro atoms. The van der Waals surface area contributed by atoms with Crippen LogP contribution in [0.5, 0.6) is 5.75 Å². The van der Waals surface area contributed by atoms with Crippen molar-refractivity contribution in [3.8, 4) is 5.75 Å². The van der Waals surface area contributed by atoms with E-state index in [1.54, 1.807) is 0 Å². The van der Waals surface area contributed by atoms with Crippen molar-refractivity contribution in [2.45, 2.75) is 43.7 Å². The quantitative estimate of drug-likeness (QED) is 0.257. The lowest BCUT2D eigenvalue weighted by molar-refractivity contribution is -0.140. The molecule has 0 amide bonds. The monoisotopic (exact) mass is 528 g/mol. The maximum absolute atomic E-state index is 11.9. The van der Waals surface area contributed by atoms with Gasteiger partial charge in [0.2, 0.25) is 0 Å². The minimum absolute atomic E-state index is 0. The number of rotatable bonds is 8. The average molecular weight is 529 g/mol. The number of aliphatic carboxylic acids is 1. The summed E-state index contributed by atoms with van der Waals surface area (Å²) in [6.07, 6.45) is 2.28. The Balaban J connectivity index is 0.00000294. The minimum atomic E-state index is -0.726. The second-order valence-corrected chi connectivity index (χ2v) is 10.3. The molecule has 1 aliphatic carbocycles. The molecule has 0 saturated heterocycles. The summed E-state index contributed by atoms with van der Waals surface area (Å²) < 4.78 is 6.41. The van der Waals surface area contributed by atoms with Crippen LogP contribution in [-0.2, 0) is 10.2 Å². The number of carbonyl (C=O) groups is 1. The predicted molar refractivity (Wildman–Crippen MR) is 155 cm³/mol. The van der Waals surface area contributed by atoms with E-state index in [0.29, 0.717) is 19.4 Å². The second-order valence-electron chi connectivity index (χ2n) is 10.3. The maximum atomic E-state index is 11.9. The Hall–Kier alpha value is -3.54. The molecule has 2 N–H and O–H groups in total. The lowest BCUT2D eigenvalue weighted by Gasteiger charge is -2.37. The molecular formula is C32H33ClN2O3. The highest BCUT2D eigenvalue weighted by atomic mass is 35.5. The molecule has 5 nitrogen and oxygen atoms in total. The number of hydrogen-bond acceptors (Lipinski definition) is 4. The van der Waals surface area contributed by atoms with Crippen molar-refractivity contribution in [1.82, 2.24) is 5.32 Å². The summed E-state index contributed by atoms with van der Waals surface area (Å²) in [5, 5.41) is 16.0. The number of nitrogens with one attached hydrogen (secondary N) is 1. The summed E-state index contributed by atoms with van der Waals surface area (Å²) in [6, 6.07) is 31.4. The molecule has 6 rings (SSSR count). The van der Waals surface area contributed by atoms with E-state index in [9.17, 15) is 9.90 Å².